The fourth-order valence-electron chi connectivity index (χ4n) is 2.81. The molecule has 1 aromatic heterocycles. The van der Waals surface area contributed by atoms with E-state index < -0.39 is 6.09 Å². The van der Waals surface area contributed by atoms with Gasteiger partial charge in [0.15, 0.2) is 0 Å². The van der Waals surface area contributed by atoms with E-state index in [2.05, 4.69) is 4.98 Å². The van der Waals surface area contributed by atoms with Gasteiger partial charge in [-0.25, -0.2) is 9.78 Å². The van der Waals surface area contributed by atoms with Crippen LogP contribution in [0, 0.1) is 5.92 Å². The van der Waals surface area contributed by atoms with Crippen molar-refractivity contribution in [2.24, 2.45) is 5.92 Å². The van der Waals surface area contributed by atoms with Gasteiger partial charge in [0.25, 0.3) is 0 Å². The number of benzene rings is 1. The summed E-state index contributed by atoms with van der Waals surface area (Å²) in [7, 11) is 1.33. The predicted molar refractivity (Wildman–Crippen MR) is 88.4 cm³/mol. The Bertz CT molecular complexity index is 728. The Balaban J connectivity index is 1.54. The molecular weight excluding hydrogens is 324 g/mol. The van der Waals surface area contributed by atoms with Gasteiger partial charge in [-0.3, -0.25) is 4.79 Å². The van der Waals surface area contributed by atoms with Crippen LogP contribution in [0.5, 0.6) is 0 Å². The van der Waals surface area contributed by atoms with Crippen LogP contribution in [-0.4, -0.2) is 42.1 Å². The Kier molecular flexibility index (Phi) is 5.33. The third kappa shape index (κ3) is 4.17. The number of piperidine rings is 1. The van der Waals surface area contributed by atoms with Crippen molar-refractivity contribution in [2.75, 3.05) is 20.2 Å². The summed E-state index contributed by atoms with van der Waals surface area (Å²) in [6, 6.07) is 9.50. The minimum absolute atomic E-state index is 0.0455. The Hall–Kier alpha value is -2.83. The lowest BCUT2D eigenvalue weighted by atomic mass is 9.99. The van der Waals surface area contributed by atoms with Crippen molar-refractivity contribution in [1.82, 2.24) is 9.88 Å². The molecule has 1 atom stereocenters. The fraction of sp³-hybridized carbons (Fsp3) is 0.389. The van der Waals surface area contributed by atoms with Crippen molar-refractivity contribution in [2.45, 2.75) is 19.4 Å². The maximum atomic E-state index is 12.2. The molecular formula is C18H20N2O5. The number of methoxy groups -OCH3 is 1. The number of carbonyl (C=O) groups excluding carboxylic acids is 2. The second kappa shape index (κ2) is 7.83. The van der Waals surface area contributed by atoms with Gasteiger partial charge in [0.2, 0.25) is 5.89 Å². The molecule has 0 unspecified atom stereocenters. The predicted octanol–water partition coefficient (Wildman–Crippen LogP) is 2.86. The minimum atomic E-state index is -0.415. The molecule has 1 amide bonds. The Morgan fingerprint density at radius 3 is 2.88 bits per heavy atom. The van der Waals surface area contributed by atoms with Gasteiger partial charge in [0.1, 0.15) is 18.6 Å². The molecule has 3 rings (SSSR count). The van der Waals surface area contributed by atoms with Gasteiger partial charge in [-0.2, -0.15) is 0 Å². The maximum absolute atomic E-state index is 12.2. The van der Waals surface area contributed by atoms with Crippen molar-refractivity contribution in [3.05, 3.63) is 42.3 Å². The number of hydrogen-bond acceptors (Lipinski definition) is 6. The molecule has 0 N–H and O–H groups in total. The SMILES string of the molecule is COC(=O)N1CCC[C@@H](C(=O)OCc2coc(-c3ccccc3)n2)C1. The molecule has 1 aromatic carbocycles. The summed E-state index contributed by atoms with van der Waals surface area (Å²) in [5.41, 5.74) is 1.41. The number of aromatic nitrogens is 1. The Labute approximate surface area is 145 Å². The number of rotatable bonds is 4. The van der Waals surface area contributed by atoms with Gasteiger partial charge in [-0.1, -0.05) is 18.2 Å². The molecule has 132 valence electrons. The third-order valence-electron chi connectivity index (χ3n) is 4.12. The van der Waals surface area contributed by atoms with Gasteiger partial charge >= 0.3 is 12.1 Å². The largest absolute Gasteiger partial charge is 0.459 e. The average Bonchev–Trinajstić information content (AvgIpc) is 3.15. The van der Waals surface area contributed by atoms with Crippen molar-refractivity contribution >= 4 is 12.1 Å². The first-order valence-electron chi connectivity index (χ1n) is 8.16. The van der Waals surface area contributed by atoms with E-state index in [0.29, 0.717) is 31.1 Å². The van der Waals surface area contributed by atoms with E-state index in [1.165, 1.54) is 18.3 Å². The summed E-state index contributed by atoms with van der Waals surface area (Å²) in [4.78, 5) is 29.7. The van der Waals surface area contributed by atoms with Crippen molar-refractivity contribution in [3.63, 3.8) is 0 Å². The van der Waals surface area contributed by atoms with Crippen LogP contribution in [-0.2, 0) is 20.9 Å². The van der Waals surface area contributed by atoms with Gasteiger partial charge in [0.05, 0.1) is 13.0 Å². The van der Waals surface area contributed by atoms with Crippen LogP contribution < -0.4 is 0 Å². The smallest absolute Gasteiger partial charge is 0.409 e. The monoisotopic (exact) mass is 344 g/mol. The summed E-state index contributed by atoms with van der Waals surface area (Å²) < 4.78 is 15.5. The molecule has 7 nitrogen and oxygen atoms in total. The highest BCUT2D eigenvalue weighted by atomic mass is 16.5. The quantitative estimate of drug-likeness (QED) is 0.793. The van der Waals surface area contributed by atoms with Gasteiger partial charge < -0.3 is 18.8 Å². The molecule has 0 bridgehead atoms. The highest BCUT2D eigenvalue weighted by Gasteiger charge is 2.30. The van der Waals surface area contributed by atoms with Crippen molar-refractivity contribution in [1.29, 1.82) is 0 Å². The van der Waals surface area contributed by atoms with Crippen LogP contribution in [0.2, 0.25) is 0 Å². The minimum Gasteiger partial charge on any atom is -0.459 e. The molecule has 2 aromatic rings. The normalized spacial score (nSPS) is 17.2. The number of carbonyl (C=O) groups is 2. The molecule has 0 radical (unpaired) electrons. The first-order valence-corrected chi connectivity index (χ1v) is 8.16. The Morgan fingerprint density at radius 1 is 1.32 bits per heavy atom. The zero-order valence-electron chi connectivity index (χ0n) is 14.0. The number of esters is 1. The van der Waals surface area contributed by atoms with E-state index in [0.717, 1.165) is 12.0 Å². The van der Waals surface area contributed by atoms with E-state index >= 15 is 0 Å². The molecule has 7 heteroatoms. The van der Waals surface area contributed by atoms with Gasteiger partial charge in [0, 0.05) is 18.7 Å². The lowest BCUT2D eigenvalue weighted by Gasteiger charge is -2.30. The molecule has 0 saturated carbocycles. The standard InChI is InChI=1S/C18H20N2O5/c1-23-18(22)20-9-5-8-14(10-20)17(21)25-12-15-11-24-16(19-15)13-6-3-2-4-7-13/h2-4,6-7,11,14H,5,8-10,12H2,1H3/t14-/m1/s1. The molecule has 1 aliphatic rings. The molecule has 1 saturated heterocycles. The first-order chi connectivity index (χ1) is 12.2. The van der Waals surface area contributed by atoms with Crippen LogP contribution >= 0.6 is 0 Å². The summed E-state index contributed by atoms with van der Waals surface area (Å²) in [5.74, 6) is -0.188. The number of likely N-dealkylation sites (tertiary alicyclic amines) is 1. The molecule has 0 spiro atoms. The van der Waals surface area contributed by atoms with Crippen LogP contribution in [0.15, 0.2) is 41.0 Å². The number of amides is 1. The zero-order chi connectivity index (χ0) is 17.6. The molecule has 1 aliphatic heterocycles. The number of ether oxygens (including phenoxy) is 2. The number of oxazole rings is 1. The van der Waals surface area contributed by atoms with Crippen LogP contribution in [0.4, 0.5) is 4.79 Å². The number of nitrogens with zero attached hydrogens (tertiary/aromatic N) is 2. The van der Waals surface area contributed by atoms with Gasteiger partial charge in [-0.15, -0.1) is 0 Å². The van der Waals surface area contributed by atoms with E-state index in [9.17, 15) is 9.59 Å². The second-order valence-electron chi connectivity index (χ2n) is 5.87. The van der Waals surface area contributed by atoms with E-state index in [1.807, 2.05) is 30.3 Å². The molecule has 0 aliphatic carbocycles. The average molecular weight is 344 g/mol. The van der Waals surface area contributed by atoms with Crippen molar-refractivity contribution in [3.8, 4) is 11.5 Å². The maximum Gasteiger partial charge on any atom is 0.409 e. The summed E-state index contributed by atoms with van der Waals surface area (Å²) >= 11 is 0. The topological polar surface area (TPSA) is 81.9 Å². The molecule has 25 heavy (non-hydrogen) atoms. The summed E-state index contributed by atoms with van der Waals surface area (Å²) in [5, 5.41) is 0. The number of hydrogen-bond donors (Lipinski definition) is 0. The lowest BCUT2D eigenvalue weighted by molar-refractivity contribution is -0.151. The van der Waals surface area contributed by atoms with E-state index in [1.54, 1.807) is 0 Å². The third-order valence-corrected chi connectivity index (χ3v) is 4.12. The fourth-order valence-corrected chi connectivity index (χ4v) is 2.81. The Morgan fingerprint density at radius 2 is 2.12 bits per heavy atom. The van der Waals surface area contributed by atoms with Crippen LogP contribution in [0.3, 0.4) is 0 Å². The highest BCUT2D eigenvalue weighted by molar-refractivity contribution is 5.74. The lowest BCUT2D eigenvalue weighted by Crippen LogP contribution is -2.42. The van der Waals surface area contributed by atoms with Crippen LogP contribution in [0.1, 0.15) is 18.5 Å². The van der Waals surface area contributed by atoms with E-state index in [-0.39, 0.29) is 18.5 Å². The van der Waals surface area contributed by atoms with Crippen LogP contribution in [0.25, 0.3) is 11.5 Å². The highest BCUT2D eigenvalue weighted by Crippen LogP contribution is 2.21. The molecule has 1 fully saturated rings. The molecule has 2 heterocycles. The summed E-state index contributed by atoms with van der Waals surface area (Å²) in [6.07, 6.45) is 2.51. The first kappa shape index (κ1) is 17.0. The van der Waals surface area contributed by atoms with E-state index in [4.69, 9.17) is 13.9 Å². The van der Waals surface area contributed by atoms with Gasteiger partial charge in [-0.05, 0) is 25.0 Å². The zero-order valence-corrected chi connectivity index (χ0v) is 14.0. The summed E-state index contributed by atoms with van der Waals surface area (Å²) in [6.45, 7) is 0.962. The second-order valence-corrected chi connectivity index (χ2v) is 5.87. The van der Waals surface area contributed by atoms with Crippen molar-refractivity contribution < 1.29 is 23.5 Å².